The Labute approximate surface area is 146 Å². The highest BCUT2D eigenvalue weighted by Crippen LogP contribution is 2.30. The molecular weight excluding hydrogens is 316 g/mol. The molecule has 1 aliphatic rings. The Hall–Kier alpha value is -3.08. The molecule has 5 nitrogen and oxygen atoms in total. The van der Waals surface area contributed by atoms with Gasteiger partial charge in [-0.2, -0.15) is 0 Å². The molecule has 5 heteroatoms. The fraction of sp³-hybridized carbons (Fsp3) is 0.200. The lowest BCUT2D eigenvalue weighted by Gasteiger charge is -2.07. The molecule has 0 radical (unpaired) electrons. The minimum absolute atomic E-state index is 0.0412. The van der Waals surface area contributed by atoms with Crippen LogP contribution in [0.15, 0.2) is 54.6 Å². The van der Waals surface area contributed by atoms with Crippen LogP contribution >= 0.6 is 0 Å². The fourth-order valence-corrected chi connectivity index (χ4v) is 2.42. The van der Waals surface area contributed by atoms with E-state index < -0.39 is 0 Å². The largest absolute Gasteiger partial charge is 0.496 e. The van der Waals surface area contributed by atoms with Gasteiger partial charge in [0, 0.05) is 28.9 Å². The molecule has 2 aromatic rings. The maximum atomic E-state index is 12.1. The second-order valence-corrected chi connectivity index (χ2v) is 5.91. The quantitative estimate of drug-likeness (QED) is 0.791. The van der Waals surface area contributed by atoms with Crippen molar-refractivity contribution in [1.29, 1.82) is 0 Å². The SMILES string of the molecule is COc1ccccc1/C=C/C(=O)Nc1cccc(NC(=O)C2CC2)c1. The Morgan fingerprint density at radius 3 is 2.48 bits per heavy atom. The van der Waals surface area contributed by atoms with Gasteiger partial charge in [0.1, 0.15) is 5.75 Å². The number of amides is 2. The van der Waals surface area contributed by atoms with E-state index in [1.54, 1.807) is 37.5 Å². The monoisotopic (exact) mass is 336 g/mol. The Morgan fingerprint density at radius 2 is 1.76 bits per heavy atom. The lowest BCUT2D eigenvalue weighted by atomic mass is 10.2. The van der Waals surface area contributed by atoms with Crippen LogP contribution in [0.1, 0.15) is 18.4 Å². The number of anilines is 2. The van der Waals surface area contributed by atoms with Gasteiger partial charge in [-0.3, -0.25) is 9.59 Å². The van der Waals surface area contributed by atoms with Gasteiger partial charge in [-0.1, -0.05) is 24.3 Å². The smallest absolute Gasteiger partial charge is 0.248 e. The third-order valence-corrected chi connectivity index (χ3v) is 3.90. The van der Waals surface area contributed by atoms with Crippen LogP contribution in [0.4, 0.5) is 11.4 Å². The molecule has 0 spiro atoms. The van der Waals surface area contributed by atoms with Crippen molar-refractivity contribution in [1.82, 2.24) is 0 Å². The van der Waals surface area contributed by atoms with Crippen molar-refractivity contribution in [2.75, 3.05) is 17.7 Å². The van der Waals surface area contributed by atoms with E-state index in [2.05, 4.69) is 10.6 Å². The number of benzene rings is 2. The predicted molar refractivity (Wildman–Crippen MR) is 98.5 cm³/mol. The van der Waals surface area contributed by atoms with Crippen LogP contribution in [0.5, 0.6) is 5.75 Å². The zero-order valence-electron chi connectivity index (χ0n) is 14.0. The summed E-state index contributed by atoms with van der Waals surface area (Å²) in [6, 6.07) is 14.6. The highest BCUT2D eigenvalue weighted by Gasteiger charge is 2.29. The summed E-state index contributed by atoms with van der Waals surface area (Å²) in [4.78, 5) is 23.9. The van der Waals surface area contributed by atoms with E-state index in [1.807, 2.05) is 24.3 Å². The van der Waals surface area contributed by atoms with Gasteiger partial charge in [0.2, 0.25) is 11.8 Å². The van der Waals surface area contributed by atoms with Crippen LogP contribution in [0.2, 0.25) is 0 Å². The first-order valence-corrected chi connectivity index (χ1v) is 8.19. The maximum Gasteiger partial charge on any atom is 0.248 e. The Kier molecular flexibility index (Phi) is 5.14. The van der Waals surface area contributed by atoms with Gasteiger partial charge in [0.05, 0.1) is 7.11 Å². The highest BCUT2D eigenvalue weighted by molar-refractivity contribution is 6.02. The first-order chi connectivity index (χ1) is 12.2. The number of hydrogen-bond acceptors (Lipinski definition) is 3. The van der Waals surface area contributed by atoms with Crippen LogP contribution in [0.25, 0.3) is 6.08 Å². The van der Waals surface area contributed by atoms with Crippen LogP contribution < -0.4 is 15.4 Å². The average Bonchev–Trinajstić information content (AvgIpc) is 3.45. The molecule has 0 atom stereocenters. The molecular formula is C20H20N2O3. The summed E-state index contributed by atoms with van der Waals surface area (Å²) in [7, 11) is 1.59. The van der Waals surface area contributed by atoms with Crippen molar-refractivity contribution >= 4 is 29.3 Å². The third kappa shape index (κ3) is 4.70. The van der Waals surface area contributed by atoms with E-state index in [0.717, 1.165) is 18.4 Å². The number of hydrogen-bond donors (Lipinski definition) is 2. The van der Waals surface area contributed by atoms with Gasteiger partial charge in [0.15, 0.2) is 0 Å². The lowest BCUT2D eigenvalue weighted by Crippen LogP contribution is -2.14. The molecule has 1 aliphatic carbocycles. The van der Waals surface area contributed by atoms with Crippen LogP contribution in [-0.2, 0) is 9.59 Å². The van der Waals surface area contributed by atoms with Gasteiger partial charge in [-0.25, -0.2) is 0 Å². The van der Waals surface area contributed by atoms with Crippen LogP contribution in [-0.4, -0.2) is 18.9 Å². The molecule has 0 aromatic heterocycles. The van der Waals surface area contributed by atoms with Crippen molar-refractivity contribution in [3.05, 3.63) is 60.2 Å². The summed E-state index contributed by atoms with van der Waals surface area (Å²) in [5.74, 6) is 0.634. The van der Waals surface area contributed by atoms with E-state index in [9.17, 15) is 9.59 Å². The van der Waals surface area contributed by atoms with E-state index in [0.29, 0.717) is 17.1 Å². The van der Waals surface area contributed by atoms with Gasteiger partial charge in [-0.15, -0.1) is 0 Å². The number of rotatable bonds is 6. The van der Waals surface area contributed by atoms with Crippen molar-refractivity contribution in [3.63, 3.8) is 0 Å². The molecule has 128 valence electrons. The number of para-hydroxylation sites is 1. The first-order valence-electron chi connectivity index (χ1n) is 8.19. The van der Waals surface area contributed by atoms with Gasteiger partial charge in [0.25, 0.3) is 0 Å². The Bertz CT molecular complexity index is 810. The molecule has 2 amide bonds. The summed E-state index contributed by atoms with van der Waals surface area (Å²) in [6.45, 7) is 0. The Morgan fingerprint density at radius 1 is 1.04 bits per heavy atom. The van der Waals surface area contributed by atoms with Crippen molar-refractivity contribution in [2.45, 2.75) is 12.8 Å². The third-order valence-electron chi connectivity index (χ3n) is 3.90. The first kappa shape index (κ1) is 16.8. The number of methoxy groups -OCH3 is 1. The summed E-state index contributed by atoms with van der Waals surface area (Å²) >= 11 is 0. The maximum absolute atomic E-state index is 12.1. The molecule has 25 heavy (non-hydrogen) atoms. The van der Waals surface area contributed by atoms with Crippen molar-refractivity contribution in [3.8, 4) is 5.75 Å². The van der Waals surface area contributed by atoms with E-state index >= 15 is 0 Å². The predicted octanol–water partition coefficient (Wildman–Crippen LogP) is 3.70. The van der Waals surface area contributed by atoms with Crippen LogP contribution in [0.3, 0.4) is 0 Å². The zero-order chi connectivity index (χ0) is 17.6. The molecule has 0 heterocycles. The number of carbonyl (C=O) groups excluding carboxylic acids is 2. The zero-order valence-corrected chi connectivity index (χ0v) is 14.0. The minimum atomic E-state index is -0.253. The lowest BCUT2D eigenvalue weighted by molar-refractivity contribution is -0.117. The van der Waals surface area contributed by atoms with E-state index in [4.69, 9.17) is 4.74 Å². The van der Waals surface area contributed by atoms with Crippen molar-refractivity contribution in [2.24, 2.45) is 5.92 Å². The summed E-state index contributed by atoms with van der Waals surface area (Å²) < 4.78 is 5.25. The van der Waals surface area contributed by atoms with Crippen molar-refractivity contribution < 1.29 is 14.3 Å². The fourth-order valence-electron chi connectivity index (χ4n) is 2.42. The summed E-state index contributed by atoms with van der Waals surface area (Å²) in [5.41, 5.74) is 2.14. The average molecular weight is 336 g/mol. The summed E-state index contributed by atoms with van der Waals surface area (Å²) in [6.07, 6.45) is 5.06. The summed E-state index contributed by atoms with van der Waals surface area (Å²) in [5, 5.41) is 5.66. The van der Waals surface area contributed by atoms with Gasteiger partial charge >= 0.3 is 0 Å². The highest BCUT2D eigenvalue weighted by atomic mass is 16.5. The number of nitrogens with one attached hydrogen (secondary N) is 2. The molecule has 0 saturated heterocycles. The molecule has 0 aliphatic heterocycles. The second kappa shape index (κ2) is 7.66. The molecule has 1 fully saturated rings. The molecule has 0 bridgehead atoms. The topological polar surface area (TPSA) is 67.4 Å². The van der Waals surface area contributed by atoms with Gasteiger partial charge in [-0.05, 0) is 43.2 Å². The molecule has 1 saturated carbocycles. The molecule has 3 rings (SSSR count). The molecule has 0 unspecified atom stereocenters. The normalized spacial score (nSPS) is 13.5. The Balaban J connectivity index is 1.62. The van der Waals surface area contributed by atoms with Crippen LogP contribution in [0, 0.1) is 5.92 Å². The standard InChI is InChI=1S/C20H20N2O3/c1-25-18-8-3-2-5-14(18)11-12-19(23)21-16-6-4-7-17(13-16)22-20(24)15-9-10-15/h2-8,11-13,15H,9-10H2,1H3,(H,21,23)(H,22,24)/b12-11+. The molecule has 2 N–H and O–H groups in total. The van der Waals surface area contributed by atoms with Gasteiger partial charge < -0.3 is 15.4 Å². The minimum Gasteiger partial charge on any atom is -0.496 e. The second-order valence-electron chi connectivity index (χ2n) is 5.91. The van der Waals surface area contributed by atoms with E-state index in [-0.39, 0.29) is 17.7 Å². The number of carbonyl (C=O) groups is 2. The number of ether oxygens (including phenoxy) is 1. The van der Waals surface area contributed by atoms with E-state index in [1.165, 1.54) is 6.08 Å². The molecule has 2 aromatic carbocycles.